The summed E-state index contributed by atoms with van der Waals surface area (Å²) in [5.41, 5.74) is -0.542. The van der Waals surface area contributed by atoms with Crippen LogP contribution in [0.15, 0.2) is 48.5 Å². The third-order valence-electron chi connectivity index (χ3n) is 6.31. The Kier molecular flexibility index (Phi) is 7.76. The van der Waals surface area contributed by atoms with Gasteiger partial charge in [0.05, 0.1) is 5.54 Å². The van der Waals surface area contributed by atoms with Gasteiger partial charge in [0.25, 0.3) is 5.91 Å². The van der Waals surface area contributed by atoms with E-state index in [0.29, 0.717) is 54.0 Å². The van der Waals surface area contributed by atoms with E-state index in [-0.39, 0.29) is 36.0 Å². The molecule has 3 saturated carbocycles. The molecule has 2 bridgehead atoms. The number of likely N-dealkylation sites (N-methyl/N-ethyl adjacent to an activating group) is 1. The predicted molar refractivity (Wildman–Crippen MR) is 133 cm³/mol. The summed E-state index contributed by atoms with van der Waals surface area (Å²) >= 11 is 11.8. The molecular formula is C25H29Cl2N3O5. The minimum Gasteiger partial charge on any atom is -0.491 e. The van der Waals surface area contributed by atoms with Gasteiger partial charge in [-0.05, 0) is 67.8 Å². The van der Waals surface area contributed by atoms with Gasteiger partial charge in [0.15, 0.2) is 6.61 Å². The van der Waals surface area contributed by atoms with Gasteiger partial charge < -0.3 is 19.7 Å². The third-order valence-corrected chi connectivity index (χ3v) is 6.81. The molecule has 1 N–H and O–H groups in total. The molecule has 5 rings (SSSR count). The van der Waals surface area contributed by atoms with E-state index in [1.54, 1.807) is 67.7 Å². The van der Waals surface area contributed by atoms with Crippen molar-refractivity contribution in [3.8, 4) is 11.5 Å². The van der Waals surface area contributed by atoms with Crippen LogP contribution in [0.1, 0.15) is 19.3 Å². The molecule has 3 aliphatic rings. The number of carbonyl (C=O) groups is 2. The molecule has 0 radical (unpaired) electrons. The molecule has 3 aliphatic carbocycles. The lowest BCUT2D eigenvalue weighted by molar-refractivity contribution is -0.314. The summed E-state index contributed by atoms with van der Waals surface area (Å²) < 4.78 is 11.2. The Balaban J connectivity index is 1.25. The third kappa shape index (κ3) is 6.19. The number of benzene rings is 2. The fraction of sp³-hybridized carbons (Fsp3) is 0.440. The van der Waals surface area contributed by atoms with E-state index in [1.165, 1.54) is 4.90 Å². The van der Waals surface area contributed by atoms with Crippen LogP contribution in [0.5, 0.6) is 11.5 Å². The summed E-state index contributed by atoms with van der Waals surface area (Å²) in [6, 6.07) is 14.0. The van der Waals surface area contributed by atoms with Crippen molar-refractivity contribution in [1.82, 2.24) is 15.3 Å². The van der Waals surface area contributed by atoms with Crippen LogP contribution in [0.4, 0.5) is 0 Å². The summed E-state index contributed by atoms with van der Waals surface area (Å²) in [5, 5.41) is 6.10. The molecule has 0 atom stereocenters. The molecule has 0 aliphatic heterocycles. The van der Waals surface area contributed by atoms with Crippen LogP contribution in [0.3, 0.4) is 0 Å². The lowest BCUT2D eigenvalue weighted by Gasteiger charge is -2.72. The van der Waals surface area contributed by atoms with Gasteiger partial charge in [-0.2, -0.15) is 5.06 Å². The van der Waals surface area contributed by atoms with Crippen LogP contribution >= 0.6 is 23.2 Å². The molecule has 0 spiro atoms. The maximum Gasteiger partial charge on any atom is 0.258 e. The Hall–Kier alpha value is -2.52. The van der Waals surface area contributed by atoms with Crippen LogP contribution in [0.2, 0.25) is 10.0 Å². The zero-order chi connectivity index (χ0) is 25.1. The summed E-state index contributed by atoms with van der Waals surface area (Å²) in [7, 11) is 3.43. The zero-order valence-electron chi connectivity index (χ0n) is 19.8. The van der Waals surface area contributed by atoms with Crippen molar-refractivity contribution in [3.05, 3.63) is 58.6 Å². The van der Waals surface area contributed by atoms with Crippen molar-refractivity contribution >= 4 is 35.0 Å². The van der Waals surface area contributed by atoms with Gasteiger partial charge in [-0.25, -0.2) is 0 Å². The van der Waals surface area contributed by atoms with Gasteiger partial charge in [0.2, 0.25) is 5.91 Å². The Morgan fingerprint density at radius 3 is 1.97 bits per heavy atom. The number of hydrogen-bond acceptors (Lipinski definition) is 6. The molecule has 35 heavy (non-hydrogen) atoms. The van der Waals surface area contributed by atoms with Crippen LogP contribution in [-0.4, -0.2) is 73.3 Å². The molecule has 8 nitrogen and oxygen atoms in total. The summed E-state index contributed by atoms with van der Waals surface area (Å²) in [5.74, 6) is 1.05. The predicted octanol–water partition coefficient (Wildman–Crippen LogP) is 3.56. The Labute approximate surface area is 215 Å². The summed E-state index contributed by atoms with van der Waals surface area (Å²) in [6.07, 6.45) is 2.14. The average molecular weight is 522 g/mol. The number of carbonyl (C=O) groups excluding carboxylic acids is 2. The topological polar surface area (TPSA) is 80.3 Å². The highest BCUT2D eigenvalue weighted by molar-refractivity contribution is 6.30. The Morgan fingerprint density at radius 1 is 0.886 bits per heavy atom. The van der Waals surface area contributed by atoms with Crippen molar-refractivity contribution in [3.63, 3.8) is 0 Å². The summed E-state index contributed by atoms with van der Waals surface area (Å²) in [4.78, 5) is 32.4. The van der Waals surface area contributed by atoms with Crippen LogP contribution in [0, 0.1) is 0 Å². The molecule has 2 aromatic rings. The molecule has 0 saturated heterocycles. The number of nitrogens with zero attached hydrogens (tertiary/aromatic N) is 2. The van der Waals surface area contributed by atoms with Gasteiger partial charge in [0.1, 0.15) is 31.3 Å². The Morgan fingerprint density at radius 2 is 1.43 bits per heavy atom. The smallest absolute Gasteiger partial charge is 0.258 e. The molecule has 2 aromatic carbocycles. The molecule has 3 fully saturated rings. The number of nitrogens with one attached hydrogen (secondary N) is 1. The molecule has 0 unspecified atom stereocenters. The number of ether oxygens (including phenoxy) is 2. The first kappa shape index (κ1) is 25.6. The van der Waals surface area contributed by atoms with Crippen molar-refractivity contribution in [2.24, 2.45) is 0 Å². The molecular weight excluding hydrogens is 493 g/mol. The molecule has 2 amide bonds. The number of hydroxylamine groups is 2. The normalized spacial score (nSPS) is 22.1. The van der Waals surface area contributed by atoms with Crippen molar-refractivity contribution in [1.29, 1.82) is 0 Å². The van der Waals surface area contributed by atoms with E-state index < -0.39 is 0 Å². The highest BCUT2D eigenvalue weighted by atomic mass is 35.5. The van der Waals surface area contributed by atoms with Crippen LogP contribution in [-0.2, 0) is 14.4 Å². The molecule has 0 aromatic heterocycles. The lowest BCUT2D eigenvalue weighted by Crippen LogP contribution is -2.84. The van der Waals surface area contributed by atoms with Gasteiger partial charge in [-0.15, -0.1) is 0 Å². The maximum atomic E-state index is 12.4. The van der Waals surface area contributed by atoms with E-state index in [1.807, 2.05) is 0 Å². The fourth-order valence-corrected chi connectivity index (χ4v) is 4.85. The van der Waals surface area contributed by atoms with E-state index in [9.17, 15) is 9.59 Å². The Bertz CT molecular complexity index is 1030. The lowest BCUT2D eigenvalue weighted by atomic mass is 9.44. The van der Waals surface area contributed by atoms with Gasteiger partial charge in [-0.1, -0.05) is 23.2 Å². The minimum atomic E-state index is -0.275. The zero-order valence-corrected chi connectivity index (χ0v) is 21.3. The van der Waals surface area contributed by atoms with Gasteiger partial charge >= 0.3 is 0 Å². The first-order chi connectivity index (χ1) is 16.7. The number of hydrogen-bond donors (Lipinski definition) is 1. The van der Waals surface area contributed by atoms with Crippen LogP contribution < -0.4 is 14.8 Å². The highest BCUT2D eigenvalue weighted by Crippen LogP contribution is 2.63. The molecule has 10 heteroatoms. The van der Waals surface area contributed by atoms with E-state index in [4.69, 9.17) is 37.5 Å². The molecule has 188 valence electrons. The van der Waals surface area contributed by atoms with Crippen molar-refractivity contribution in [2.45, 2.75) is 30.3 Å². The quantitative estimate of drug-likeness (QED) is 0.339. The number of rotatable bonds is 12. The molecule has 0 heterocycles. The highest BCUT2D eigenvalue weighted by Gasteiger charge is 2.71. The fourth-order valence-electron chi connectivity index (χ4n) is 4.60. The average Bonchev–Trinajstić information content (AvgIpc) is 2.78. The minimum absolute atomic E-state index is 0.0530. The SMILES string of the molecule is CN(C)C(=O)CN(OCCOc1ccc(Cl)cc1)C12CC(NC(=O)COc3ccc(Cl)cc3)(C1)C2. The monoisotopic (exact) mass is 521 g/mol. The number of halogens is 2. The largest absolute Gasteiger partial charge is 0.491 e. The van der Waals surface area contributed by atoms with Crippen molar-refractivity contribution in [2.75, 3.05) is 40.5 Å². The van der Waals surface area contributed by atoms with E-state index >= 15 is 0 Å². The second kappa shape index (κ2) is 10.6. The first-order valence-corrected chi connectivity index (χ1v) is 12.1. The maximum absolute atomic E-state index is 12.4. The summed E-state index contributed by atoms with van der Waals surface area (Å²) in [6.45, 7) is 0.684. The number of amides is 2. The standard InChI is InChI=1S/C25H29Cl2N3O5/c1-29(2)23(32)13-30(35-12-11-33-20-7-3-18(26)4-8-20)25-15-24(16-25,17-25)28-22(31)14-34-21-9-5-19(27)6-10-21/h3-10H,11-17H2,1-2H3,(H,28,31). The van der Waals surface area contributed by atoms with Gasteiger partial charge in [0, 0.05) is 29.7 Å². The van der Waals surface area contributed by atoms with Crippen LogP contribution in [0.25, 0.3) is 0 Å². The van der Waals surface area contributed by atoms with Crippen molar-refractivity contribution < 1.29 is 23.9 Å². The van der Waals surface area contributed by atoms with E-state index in [2.05, 4.69) is 5.32 Å². The first-order valence-electron chi connectivity index (χ1n) is 11.4. The second-order valence-electron chi connectivity index (χ2n) is 9.29. The second-order valence-corrected chi connectivity index (χ2v) is 10.2. The van der Waals surface area contributed by atoms with E-state index in [0.717, 1.165) is 0 Å². The van der Waals surface area contributed by atoms with Gasteiger partial charge in [-0.3, -0.25) is 14.4 Å².